The number of sulfonamides is 1. The molecule has 0 atom stereocenters. The van der Waals surface area contributed by atoms with E-state index >= 15 is 0 Å². The molecule has 106 valence electrons. The van der Waals surface area contributed by atoms with Crippen molar-refractivity contribution in [1.82, 2.24) is 0 Å². The second-order valence-corrected chi connectivity index (χ2v) is 6.28. The van der Waals surface area contributed by atoms with Crippen LogP contribution in [-0.4, -0.2) is 33.1 Å². The Balaban J connectivity index is 2.50. The van der Waals surface area contributed by atoms with Crippen LogP contribution in [0.2, 0.25) is 0 Å². The Morgan fingerprint density at radius 2 is 1.78 bits per heavy atom. The Labute approximate surface area is 105 Å². The number of hydrogen-bond donors (Lipinski definition) is 1. The van der Waals surface area contributed by atoms with Crippen LogP contribution in [0.1, 0.15) is 25.7 Å². The van der Waals surface area contributed by atoms with Crippen LogP contribution in [0.5, 0.6) is 0 Å². The fraction of sp³-hybridized carbons (Fsp3) is 0.900. The smallest absolute Gasteiger partial charge is 0.330 e. The highest BCUT2D eigenvalue weighted by Crippen LogP contribution is 2.27. The number of halogens is 3. The molecule has 2 N–H and O–H groups in total. The summed E-state index contributed by atoms with van der Waals surface area (Å²) in [6, 6.07) is 0. The van der Waals surface area contributed by atoms with Crippen LogP contribution < -0.4 is 5.73 Å². The lowest BCUT2D eigenvalue weighted by atomic mass is 9.83. The monoisotopic (exact) mass is 286 g/mol. The Kier molecular flexibility index (Phi) is 5.15. The Bertz CT molecular complexity index is 384. The average molecular weight is 286 g/mol. The SMILES string of the molecule is NC[C@H]1CC[C@H](/C=N/S(=O)(=O)CC(F)(F)F)CC1. The van der Waals surface area contributed by atoms with Gasteiger partial charge in [-0.3, -0.25) is 0 Å². The second kappa shape index (κ2) is 6.01. The highest BCUT2D eigenvalue weighted by Gasteiger charge is 2.34. The number of alkyl halides is 3. The molecule has 1 aliphatic carbocycles. The van der Waals surface area contributed by atoms with Gasteiger partial charge >= 0.3 is 6.18 Å². The van der Waals surface area contributed by atoms with E-state index in [-0.39, 0.29) is 5.92 Å². The van der Waals surface area contributed by atoms with Crippen molar-refractivity contribution in [1.29, 1.82) is 0 Å². The number of nitrogens with two attached hydrogens (primary N) is 1. The van der Waals surface area contributed by atoms with Crippen LogP contribution in [-0.2, 0) is 10.0 Å². The first-order chi connectivity index (χ1) is 8.22. The second-order valence-electron chi connectivity index (χ2n) is 4.61. The quantitative estimate of drug-likeness (QED) is 0.800. The molecule has 0 aromatic carbocycles. The first kappa shape index (κ1) is 15.4. The van der Waals surface area contributed by atoms with Crippen LogP contribution in [0, 0.1) is 11.8 Å². The summed E-state index contributed by atoms with van der Waals surface area (Å²) in [4.78, 5) is 0. The van der Waals surface area contributed by atoms with E-state index in [2.05, 4.69) is 4.40 Å². The van der Waals surface area contributed by atoms with Crippen molar-refractivity contribution in [3.8, 4) is 0 Å². The fourth-order valence-corrected chi connectivity index (χ4v) is 2.84. The third-order valence-electron chi connectivity index (χ3n) is 3.00. The molecule has 8 heteroatoms. The first-order valence-corrected chi connectivity index (χ1v) is 7.38. The van der Waals surface area contributed by atoms with E-state index in [0.29, 0.717) is 12.5 Å². The summed E-state index contributed by atoms with van der Waals surface area (Å²) in [5, 5.41) is 0. The van der Waals surface area contributed by atoms with Crippen molar-refractivity contribution in [2.45, 2.75) is 31.9 Å². The van der Waals surface area contributed by atoms with Gasteiger partial charge in [0.25, 0.3) is 10.0 Å². The third-order valence-corrected chi connectivity index (χ3v) is 4.14. The summed E-state index contributed by atoms with van der Waals surface area (Å²) in [6.07, 6.45) is -0.403. The zero-order chi connectivity index (χ0) is 13.8. The molecule has 0 bridgehead atoms. The van der Waals surface area contributed by atoms with Gasteiger partial charge in [0.05, 0.1) is 0 Å². The summed E-state index contributed by atoms with van der Waals surface area (Å²) in [6.45, 7) is 0.593. The maximum absolute atomic E-state index is 11.9. The molecule has 0 saturated heterocycles. The van der Waals surface area contributed by atoms with Gasteiger partial charge < -0.3 is 5.73 Å². The topological polar surface area (TPSA) is 72.5 Å². The molecule has 4 nitrogen and oxygen atoms in total. The molecule has 1 rings (SSSR count). The van der Waals surface area contributed by atoms with E-state index in [4.69, 9.17) is 5.73 Å². The summed E-state index contributed by atoms with van der Waals surface area (Å²) in [5.74, 6) is -1.52. The van der Waals surface area contributed by atoms with E-state index < -0.39 is 22.0 Å². The van der Waals surface area contributed by atoms with E-state index in [0.717, 1.165) is 31.9 Å². The van der Waals surface area contributed by atoms with Gasteiger partial charge in [0, 0.05) is 6.21 Å². The lowest BCUT2D eigenvalue weighted by molar-refractivity contribution is -0.106. The Morgan fingerprint density at radius 1 is 1.22 bits per heavy atom. The molecule has 0 unspecified atom stereocenters. The first-order valence-electron chi connectivity index (χ1n) is 5.77. The molecule has 18 heavy (non-hydrogen) atoms. The van der Waals surface area contributed by atoms with Gasteiger partial charge in [-0.25, -0.2) is 8.42 Å². The van der Waals surface area contributed by atoms with Crippen molar-refractivity contribution in [3.63, 3.8) is 0 Å². The molecular formula is C10H17F3N2O2S. The molecule has 1 aliphatic rings. The maximum Gasteiger partial charge on any atom is 0.404 e. The van der Waals surface area contributed by atoms with Crippen LogP contribution in [0.3, 0.4) is 0 Å². The fourth-order valence-electron chi connectivity index (χ4n) is 2.00. The lowest BCUT2D eigenvalue weighted by Crippen LogP contribution is -2.23. The van der Waals surface area contributed by atoms with Crippen LogP contribution in [0.4, 0.5) is 13.2 Å². The van der Waals surface area contributed by atoms with Crippen LogP contribution >= 0.6 is 0 Å². The molecule has 0 radical (unpaired) electrons. The van der Waals surface area contributed by atoms with E-state index in [9.17, 15) is 21.6 Å². The van der Waals surface area contributed by atoms with Crippen LogP contribution in [0.25, 0.3) is 0 Å². The average Bonchev–Trinajstić information content (AvgIpc) is 2.24. The Morgan fingerprint density at radius 3 is 2.22 bits per heavy atom. The third kappa shape index (κ3) is 5.81. The molecule has 0 spiro atoms. The summed E-state index contributed by atoms with van der Waals surface area (Å²) < 4.78 is 61.1. The standard InChI is InChI=1S/C10H17F3N2O2S/c11-10(12,13)7-18(16,17)15-6-9-3-1-8(5-14)2-4-9/h6,8-9H,1-5,7,14H2/b15-6+/t8-,9-. The van der Waals surface area contributed by atoms with Crippen molar-refractivity contribution in [3.05, 3.63) is 0 Å². The van der Waals surface area contributed by atoms with Crippen molar-refractivity contribution < 1.29 is 21.6 Å². The molecule has 0 aromatic rings. The minimum Gasteiger partial charge on any atom is -0.330 e. The molecule has 0 amide bonds. The van der Waals surface area contributed by atoms with Gasteiger partial charge in [-0.2, -0.15) is 17.6 Å². The number of rotatable bonds is 4. The zero-order valence-corrected chi connectivity index (χ0v) is 10.7. The van der Waals surface area contributed by atoms with Crippen LogP contribution in [0.15, 0.2) is 4.40 Å². The van der Waals surface area contributed by atoms with E-state index in [1.54, 1.807) is 0 Å². The molecular weight excluding hydrogens is 269 g/mol. The molecule has 0 heterocycles. The zero-order valence-electron chi connectivity index (χ0n) is 9.86. The minimum atomic E-state index is -4.74. The van der Waals surface area contributed by atoms with E-state index in [1.807, 2.05) is 0 Å². The highest BCUT2D eigenvalue weighted by molar-refractivity contribution is 7.90. The van der Waals surface area contributed by atoms with E-state index in [1.165, 1.54) is 0 Å². The molecule has 1 fully saturated rings. The van der Waals surface area contributed by atoms with Gasteiger partial charge in [-0.05, 0) is 44.1 Å². The Hall–Kier alpha value is -0.630. The molecule has 0 aliphatic heterocycles. The predicted octanol–water partition coefficient (Wildman–Crippen LogP) is 1.71. The van der Waals surface area contributed by atoms with Crippen molar-refractivity contribution in [2.75, 3.05) is 12.3 Å². The van der Waals surface area contributed by atoms with Gasteiger partial charge in [0.2, 0.25) is 0 Å². The highest BCUT2D eigenvalue weighted by atomic mass is 32.2. The molecule has 1 saturated carbocycles. The maximum atomic E-state index is 11.9. The lowest BCUT2D eigenvalue weighted by Gasteiger charge is -2.24. The molecule has 0 aromatic heterocycles. The summed E-state index contributed by atoms with van der Waals surface area (Å²) in [5.41, 5.74) is 5.51. The normalized spacial score (nSPS) is 26.7. The number of nitrogens with zero attached hydrogens (tertiary/aromatic N) is 1. The number of hydrogen-bond acceptors (Lipinski definition) is 3. The van der Waals surface area contributed by atoms with Gasteiger partial charge in [0.1, 0.15) is 0 Å². The van der Waals surface area contributed by atoms with Crippen molar-refractivity contribution in [2.24, 2.45) is 22.0 Å². The van der Waals surface area contributed by atoms with Gasteiger partial charge in [-0.1, -0.05) is 0 Å². The largest absolute Gasteiger partial charge is 0.404 e. The summed E-state index contributed by atoms with van der Waals surface area (Å²) in [7, 11) is -4.44. The minimum absolute atomic E-state index is 0.0594. The van der Waals surface area contributed by atoms with Crippen molar-refractivity contribution >= 4 is 16.2 Å². The summed E-state index contributed by atoms with van der Waals surface area (Å²) >= 11 is 0. The van der Waals surface area contributed by atoms with Gasteiger partial charge in [0.15, 0.2) is 5.75 Å². The predicted molar refractivity (Wildman–Crippen MR) is 62.8 cm³/mol. The van der Waals surface area contributed by atoms with Gasteiger partial charge in [-0.15, -0.1) is 0 Å².